The van der Waals surface area contributed by atoms with Crippen LogP contribution in [0.25, 0.3) is 0 Å². The normalized spacial score (nSPS) is 20.2. The summed E-state index contributed by atoms with van der Waals surface area (Å²) in [6.45, 7) is 2.48. The van der Waals surface area contributed by atoms with E-state index in [0.717, 1.165) is 23.2 Å². The second kappa shape index (κ2) is 8.18. The van der Waals surface area contributed by atoms with Gasteiger partial charge in [0, 0.05) is 58.1 Å². The Hall–Kier alpha value is -3.14. The van der Waals surface area contributed by atoms with Gasteiger partial charge in [0.2, 0.25) is 0 Å². The number of rotatable bonds is 5. The lowest BCUT2D eigenvalue weighted by Gasteiger charge is -2.42. The third-order valence-electron chi connectivity index (χ3n) is 6.25. The van der Waals surface area contributed by atoms with E-state index in [-0.39, 0.29) is 36.1 Å². The topological polar surface area (TPSA) is 108 Å². The van der Waals surface area contributed by atoms with Crippen LogP contribution < -0.4 is 22.1 Å². The number of carbonyl (C=O) groups is 1. The first-order valence-electron chi connectivity index (χ1n) is 10.3. The van der Waals surface area contributed by atoms with Gasteiger partial charge in [0.15, 0.2) is 0 Å². The molecule has 10 nitrogen and oxygen atoms in total. The van der Waals surface area contributed by atoms with E-state index in [1.807, 2.05) is 10.6 Å². The Labute approximate surface area is 178 Å². The summed E-state index contributed by atoms with van der Waals surface area (Å²) in [6.07, 6.45) is 2.49. The number of fused-ring (bicyclic) bond motifs is 4. The maximum atomic E-state index is 13.1. The molecular formula is C21H27N5O5. The molecule has 2 bridgehead atoms. The molecule has 1 saturated heterocycles. The fraction of sp³-hybridized carbons (Fsp3) is 0.524. The molecule has 31 heavy (non-hydrogen) atoms. The summed E-state index contributed by atoms with van der Waals surface area (Å²) in [5.74, 6) is 0.233. The Kier molecular flexibility index (Phi) is 5.57. The molecule has 0 unspecified atom stereocenters. The Bertz CT molecular complexity index is 1190. The fourth-order valence-corrected chi connectivity index (χ4v) is 4.75. The zero-order valence-electron chi connectivity index (χ0n) is 18.0. The number of carbonyl (C=O) groups excluding carboxylic acids is 1. The Morgan fingerprint density at radius 1 is 1.13 bits per heavy atom. The predicted molar refractivity (Wildman–Crippen MR) is 114 cm³/mol. The van der Waals surface area contributed by atoms with Gasteiger partial charge in [-0.15, -0.1) is 0 Å². The summed E-state index contributed by atoms with van der Waals surface area (Å²) in [6, 6.07) is 3.70. The van der Waals surface area contributed by atoms with Crippen LogP contribution in [0.4, 0.5) is 5.69 Å². The van der Waals surface area contributed by atoms with Crippen molar-refractivity contribution in [2.24, 2.45) is 20.0 Å². The van der Waals surface area contributed by atoms with Crippen molar-refractivity contribution in [3.05, 3.63) is 60.8 Å². The van der Waals surface area contributed by atoms with Crippen molar-refractivity contribution in [3.63, 3.8) is 0 Å². The third-order valence-corrected chi connectivity index (χ3v) is 6.25. The van der Waals surface area contributed by atoms with Crippen LogP contribution in [0.3, 0.4) is 0 Å². The van der Waals surface area contributed by atoms with Crippen LogP contribution in [0.2, 0.25) is 0 Å². The van der Waals surface area contributed by atoms with Crippen LogP contribution in [0.5, 0.6) is 0 Å². The molecule has 0 amide bonds. The lowest BCUT2D eigenvalue weighted by atomic mass is 9.83. The molecule has 0 aliphatic carbocycles. The van der Waals surface area contributed by atoms with Gasteiger partial charge in [0.1, 0.15) is 5.69 Å². The average molecular weight is 429 g/mol. The van der Waals surface area contributed by atoms with Gasteiger partial charge >= 0.3 is 11.7 Å². The minimum atomic E-state index is -0.393. The maximum Gasteiger partial charge on any atom is 0.330 e. The van der Waals surface area contributed by atoms with E-state index in [0.29, 0.717) is 30.3 Å². The highest BCUT2D eigenvalue weighted by molar-refractivity contribution is 5.71. The number of hydrogen-bond donors (Lipinski definition) is 1. The SMILES string of the molecule is COC(=O)CN1C[C@H]2C[C@@H](C1)c1ccc(NCc3cn(C)c(=O)n(C)c3=O)c(=O)n1C2. The second-order valence-electron chi connectivity index (χ2n) is 8.42. The molecule has 0 saturated carbocycles. The molecule has 0 radical (unpaired) electrons. The zero-order chi connectivity index (χ0) is 22.3. The van der Waals surface area contributed by atoms with Gasteiger partial charge in [-0.05, 0) is 24.5 Å². The lowest BCUT2D eigenvalue weighted by Crippen LogP contribution is -2.48. The molecule has 2 aromatic heterocycles. The van der Waals surface area contributed by atoms with Gasteiger partial charge in [-0.25, -0.2) is 4.79 Å². The molecule has 166 valence electrons. The molecule has 2 aliphatic rings. The minimum absolute atomic E-state index is 0.115. The van der Waals surface area contributed by atoms with E-state index >= 15 is 0 Å². The summed E-state index contributed by atoms with van der Waals surface area (Å²) in [5.41, 5.74) is 0.909. The number of nitrogens with zero attached hydrogens (tertiary/aromatic N) is 4. The molecular weight excluding hydrogens is 402 g/mol. The summed E-state index contributed by atoms with van der Waals surface area (Å²) in [7, 11) is 4.41. The Morgan fingerprint density at radius 2 is 1.90 bits per heavy atom. The zero-order valence-corrected chi connectivity index (χ0v) is 18.0. The van der Waals surface area contributed by atoms with Gasteiger partial charge in [0.05, 0.1) is 19.2 Å². The average Bonchev–Trinajstić information content (AvgIpc) is 2.75. The Balaban J connectivity index is 1.55. The number of methoxy groups -OCH3 is 1. The number of ether oxygens (including phenoxy) is 1. The van der Waals surface area contributed by atoms with Crippen LogP contribution in [-0.2, 0) is 36.7 Å². The van der Waals surface area contributed by atoms with Crippen molar-refractivity contribution < 1.29 is 9.53 Å². The van der Waals surface area contributed by atoms with Crippen molar-refractivity contribution in [3.8, 4) is 0 Å². The summed E-state index contributed by atoms with van der Waals surface area (Å²) in [5, 5.41) is 3.07. The molecule has 4 rings (SSSR count). The van der Waals surface area contributed by atoms with Gasteiger partial charge in [-0.3, -0.25) is 23.9 Å². The molecule has 10 heteroatoms. The molecule has 2 aromatic rings. The standard InChI is InChI=1S/C21H27N5O5/c1-23-10-15(19(28)24(2)21(23)30)7-22-16-4-5-17-14-6-13(9-26(17)20(16)29)8-25(11-14)12-18(27)31-3/h4-5,10,13-14,22H,6-9,11-12H2,1-3H3/t13-,14+/m1/s1. The van der Waals surface area contributed by atoms with Crippen molar-refractivity contribution in [2.75, 3.05) is 32.1 Å². The molecule has 2 aliphatic heterocycles. The van der Waals surface area contributed by atoms with Gasteiger partial charge in [-0.2, -0.15) is 0 Å². The Morgan fingerprint density at radius 3 is 2.65 bits per heavy atom. The van der Waals surface area contributed by atoms with Gasteiger partial charge in [-0.1, -0.05) is 0 Å². The summed E-state index contributed by atoms with van der Waals surface area (Å²) in [4.78, 5) is 51.0. The highest BCUT2D eigenvalue weighted by Gasteiger charge is 2.35. The van der Waals surface area contributed by atoms with Crippen molar-refractivity contribution in [1.82, 2.24) is 18.6 Å². The van der Waals surface area contributed by atoms with Crippen LogP contribution >= 0.6 is 0 Å². The lowest BCUT2D eigenvalue weighted by molar-refractivity contribution is -0.142. The molecule has 2 atom stereocenters. The number of piperidine rings is 1. The number of hydrogen-bond acceptors (Lipinski definition) is 7. The van der Waals surface area contributed by atoms with Crippen LogP contribution in [0, 0.1) is 5.92 Å². The van der Waals surface area contributed by atoms with Crippen LogP contribution in [-0.4, -0.2) is 51.3 Å². The van der Waals surface area contributed by atoms with E-state index in [1.54, 1.807) is 13.1 Å². The molecule has 0 spiro atoms. The highest BCUT2D eigenvalue weighted by Crippen LogP contribution is 2.35. The number of aryl methyl sites for hydroxylation is 1. The fourth-order valence-electron chi connectivity index (χ4n) is 4.75. The van der Waals surface area contributed by atoms with E-state index in [4.69, 9.17) is 4.74 Å². The predicted octanol–water partition coefficient (Wildman–Crippen LogP) is -0.550. The third kappa shape index (κ3) is 3.95. The smallest absolute Gasteiger partial charge is 0.330 e. The first-order chi connectivity index (χ1) is 14.8. The second-order valence-corrected chi connectivity index (χ2v) is 8.42. The monoisotopic (exact) mass is 429 g/mol. The van der Waals surface area contributed by atoms with E-state index in [2.05, 4.69) is 10.2 Å². The van der Waals surface area contributed by atoms with E-state index in [1.165, 1.54) is 24.9 Å². The molecule has 4 heterocycles. The number of anilines is 1. The number of likely N-dealkylation sites (tertiary alicyclic amines) is 1. The first kappa shape index (κ1) is 21.1. The number of aromatic nitrogens is 3. The summed E-state index contributed by atoms with van der Waals surface area (Å²) >= 11 is 0. The summed E-state index contributed by atoms with van der Waals surface area (Å²) < 4.78 is 9.00. The van der Waals surface area contributed by atoms with E-state index in [9.17, 15) is 19.2 Å². The quantitative estimate of drug-likeness (QED) is 0.636. The molecule has 1 N–H and O–H groups in total. The number of nitrogens with one attached hydrogen (secondary N) is 1. The van der Waals surface area contributed by atoms with Crippen LogP contribution in [0.15, 0.2) is 32.7 Å². The largest absolute Gasteiger partial charge is 0.468 e. The number of pyridine rings is 1. The molecule has 1 fully saturated rings. The van der Waals surface area contributed by atoms with Crippen LogP contribution in [0.1, 0.15) is 23.6 Å². The maximum absolute atomic E-state index is 13.1. The highest BCUT2D eigenvalue weighted by atomic mass is 16.5. The van der Waals surface area contributed by atoms with Crippen molar-refractivity contribution >= 4 is 11.7 Å². The van der Waals surface area contributed by atoms with Crippen molar-refractivity contribution in [2.45, 2.75) is 25.4 Å². The van der Waals surface area contributed by atoms with Gasteiger partial charge < -0.3 is 19.2 Å². The number of esters is 1. The van der Waals surface area contributed by atoms with Crippen molar-refractivity contribution in [1.29, 1.82) is 0 Å². The molecule has 0 aromatic carbocycles. The first-order valence-corrected chi connectivity index (χ1v) is 10.3. The van der Waals surface area contributed by atoms with E-state index < -0.39 is 5.69 Å². The van der Waals surface area contributed by atoms with Gasteiger partial charge in [0.25, 0.3) is 11.1 Å². The minimum Gasteiger partial charge on any atom is -0.468 e.